The minimum absolute atomic E-state index is 0.120. The van der Waals surface area contributed by atoms with E-state index in [0.717, 1.165) is 16.7 Å². The molecule has 6 heteroatoms. The molecule has 6 nitrogen and oxygen atoms in total. The Balaban J connectivity index is 1.71. The summed E-state index contributed by atoms with van der Waals surface area (Å²) >= 11 is 0. The Morgan fingerprint density at radius 1 is 1.24 bits per heavy atom. The van der Waals surface area contributed by atoms with Gasteiger partial charge in [-0.15, -0.1) is 0 Å². The van der Waals surface area contributed by atoms with Gasteiger partial charge in [0, 0.05) is 25.5 Å². The number of aromatic nitrogens is 1. The van der Waals surface area contributed by atoms with Crippen LogP contribution in [0.15, 0.2) is 42.6 Å². The lowest BCUT2D eigenvalue weighted by atomic mass is 9.87. The number of cyclic esters (lactones) is 1. The van der Waals surface area contributed by atoms with Crippen LogP contribution in [0.2, 0.25) is 0 Å². The van der Waals surface area contributed by atoms with Crippen molar-refractivity contribution in [3.8, 4) is 17.0 Å². The van der Waals surface area contributed by atoms with Crippen molar-refractivity contribution in [3.63, 3.8) is 0 Å². The molecule has 2 atom stereocenters. The number of ether oxygens (including phenoxy) is 1. The first-order valence-corrected chi connectivity index (χ1v) is 9.98. The smallest absolute Gasteiger partial charge is 0.410 e. The zero-order chi connectivity index (χ0) is 21.4. The van der Waals surface area contributed by atoms with Gasteiger partial charge in [0.2, 0.25) is 0 Å². The van der Waals surface area contributed by atoms with Crippen molar-refractivity contribution in [3.05, 3.63) is 48.2 Å². The minimum Gasteiger partial charge on any atom is -0.460 e. The normalized spacial score (nSPS) is 21.0. The fourth-order valence-corrected chi connectivity index (χ4v) is 4.03. The second-order valence-electron chi connectivity index (χ2n) is 8.93. The highest BCUT2D eigenvalue weighted by molar-refractivity contribution is 5.70. The van der Waals surface area contributed by atoms with Crippen LogP contribution >= 0.6 is 0 Å². The van der Waals surface area contributed by atoms with Crippen molar-refractivity contribution >= 4 is 6.09 Å². The van der Waals surface area contributed by atoms with E-state index >= 15 is 0 Å². The zero-order valence-electron chi connectivity index (χ0n) is 17.8. The molecule has 0 unspecified atom stereocenters. The maximum Gasteiger partial charge on any atom is 0.410 e. The second kappa shape index (κ2) is 7.67. The van der Waals surface area contributed by atoms with Crippen LogP contribution in [0.3, 0.4) is 0 Å². The van der Waals surface area contributed by atoms with Gasteiger partial charge < -0.3 is 19.8 Å². The van der Waals surface area contributed by atoms with Crippen LogP contribution in [0.4, 0.5) is 4.79 Å². The average molecular weight is 400 g/mol. The molecule has 0 spiro atoms. The minimum atomic E-state index is -0.887. The Morgan fingerprint density at radius 3 is 2.45 bits per heavy atom. The number of aryl methyl sites for hydroxylation is 1. The number of rotatable bonds is 5. The largest absolute Gasteiger partial charge is 0.460 e. The SMILES string of the molecule is C[C@@H](c1ccc(-c2cc[n+](C)c(O)c2)cc1)N1CC[C@@](C)(CC(C)(C)O)OC1=O. The topological polar surface area (TPSA) is 73.9 Å². The maximum absolute atomic E-state index is 12.7. The number of carbonyl (C=O) groups excluding carboxylic acids is 1. The Labute approximate surface area is 172 Å². The molecule has 1 aromatic carbocycles. The predicted octanol–water partition coefficient (Wildman–Crippen LogP) is 3.71. The van der Waals surface area contributed by atoms with Crippen LogP contribution < -0.4 is 4.57 Å². The molecule has 1 aliphatic heterocycles. The molecule has 2 aromatic rings. The fraction of sp³-hybridized carbons (Fsp3) is 0.478. The van der Waals surface area contributed by atoms with E-state index in [1.807, 2.05) is 50.4 Å². The number of benzene rings is 1. The van der Waals surface area contributed by atoms with Gasteiger partial charge in [0.25, 0.3) is 0 Å². The molecule has 1 aromatic heterocycles. The number of aromatic hydroxyl groups is 1. The summed E-state index contributed by atoms with van der Waals surface area (Å²) in [5, 5.41) is 20.0. The molecular weight excluding hydrogens is 368 g/mol. The molecule has 1 amide bonds. The van der Waals surface area contributed by atoms with Crippen molar-refractivity contribution in [1.82, 2.24) is 4.90 Å². The highest BCUT2D eigenvalue weighted by atomic mass is 16.6. The molecule has 156 valence electrons. The summed E-state index contributed by atoms with van der Waals surface area (Å²) in [6.07, 6.45) is 2.55. The van der Waals surface area contributed by atoms with Crippen LogP contribution in [0.5, 0.6) is 5.88 Å². The molecule has 2 N–H and O–H groups in total. The third-order valence-corrected chi connectivity index (χ3v) is 5.57. The van der Waals surface area contributed by atoms with E-state index in [-0.39, 0.29) is 18.0 Å². The van der Waals surface area contributed by atoms with E-state index in [2.05, 4.69) is 0 Å². The van der Waals surface area contributed by atoms with Crippen molar-refractivity contribution in [2.45, 2.75) is 57.8 Å². The number of amides is 1. The molecular formula is C23H31N2O4+. The first-order chi connectivity index (χ1) is 13.5. The molecule has 1 aliphatic rings. The van der Waals surface area contributed by atoms with E-state index in [1.54, 1.807) is 36.4 Å². The molecule has 0 bridgehead atoms. The summed E-state index contributed by atoms with van der Waals surface area (Å²) in [6.45, 7) is 7.92. The summed E-state index contributed by atoms with van der Waals surface area (Å²) in [5.41, 5.74) is 1.40. The summed E-state index contributed by atoms with van der Waals surface area (Å²) < 4.78 is 7.37. The van der Waals surface area contributed by atoms with Gasteiger partial charge in [0.1, 0.15) is 12.6 Å². The van der Waals surface area contributed by atoms with Crippen molar-refractivity contribution in [1.29, 1.82) is 0 Å². The van der Waals surface area contributed by atoms with Gasteiger partial charge in [-0.05, 0) is 44.4 Å². The molecule has 29 heavy (non-hydrogen) atoms. The Kier molecular flexibility index (Phi) is 5.59. The number of hydrogen-bond donors (Lipinski definition) is 2. The van der Waals surface area contributed by atoms with Gasteiger partial charge >= 0.3 is 12.0 Å². The van der Waals surface area contributed by atoms with Gasteiger partial charge in [-0.3, -0.25) is 0 Å². The highest BCUT2D eigenvalue weighted by Crippen LogP contribution is 2.35. The number of nitrogens with zero attached hydrogens (tertiary/aromatic N) is 2. The van der Waals surface area contributed by atoms with Crippen molar-refractivity contribution in [2.75, 3.05) is 6.54 Å². The van der Waals surface area contributed by atoms with Crippen LogP contribution in [0.1, 0.15) is 52.1 Å². The van der Waals surface area contributed by atoms with Crippen molar-refractivity contribution < 1.29 is 24.3 Å². The molecule has 0 saturated carbocycles. The first-order valence-electron chi connectivity index (χ1n) is 9.98. The van der Waals surface area contributed by atoms with Gasteiger partial charge in [-0.1, -0.05) is 24.3 Å². The first kappa shape index (κ1) is 21.1. The fourth-order valence-electron chi connectivity index (χ4n) is 4.03. The maximum atomic E-state index is 12.7. The average Bonchev–Trinajstić information content (AvgIpc) is 2.62. The molecule has 3 rings (SSSR count). The van der Waals surface area contributed by atoms with Gasteiger partial charge in [-0.25, -0.2) is 4.79 Å². The number of aliphatic hydroxyl groups is 1. The standard InChI is InChI=1S/C23H30N2O4/c1-16(25-13-11-23(4,29-21(25)27)15-22(2,3)28)17-6-8-18(9-7-17)19-10-12-24(5)20(26)14-19/h6-10,12,14,16,28H,11,13,15H2,1-5H3/p+1/t16-,23-/m0/s1. The summed E-state index contributed by atoms with van der Waals surface area (Å²) in [5.74, 6) is 0.199. The summed E-state index contributed by atoms with van der Waals surface area (Å²) in [6, 6.07) is 11.5. The molecule has 2 heterocycles. The van der Waals surface area contributed by atoms with Gasteiger partial charge in [0.05, 0.1) is 17.7 Å². The van der Waals surface area contributed by atoms with Crippen LogP contribution in [0.25, 0.3) is 11.1 Å². The summed E-state index contributed by atoms with van der Waals surface area (Å²) in [4.78, 5) is 14.4. The van der Waals surface area contributed by atoms with E-state index in [1.165, 1.54) is 0 Å². The number of carbonyl (C=O) groups is 1. The predicted molar refractivity (Wildman–Crippen MR) is 110 cm³/mol. The lowest BCUT2D eigenvalue weighted by Gasteiger charge is -2.43. The monoisotopic (exact) mass is 399 g/mol. The van der Waals surface area contributed by atoms with E-state index in [4.69, 9.17) is 4.74 Å². The van der Waals surface area contributed by atoms with Gasteiger partial charge in [-0.2, -0.15) is 4.57 Å². The van der Waals surface area contributed by atoms with E-state index < -0.39 is 11.2 Å². The Morgan fingerprint density at radius 2 is 1.90 bits per heavy atom. The highest BCUT2D eigenvalue weighted by Gasteiger charge is 2.41. The molecule has 0 radical (unpaired) electrons. The quantitative estimate of drug-likeness (QED) is 0.752. The molecule has 1 saturated heterocycles. The third kappa shape index (κ3) is 4.88. The third-order valence-electron chi connectivity index (χ3n) is 5.57. The van der Waals surface area contributed by atoms with Crippen LogP contribution in [0, 0.1) is 0 Å². The lowest BCUT2D eigenvalue weighted by molar-refractivity contribution is -0.677. The van der Waals surface area contributed by atoms with Gasteiger partial charge in [0.15, 0.2) is 6.20 Å². The molecule has 1 fully saturated rings. The number of pyridine rings is 1. The lowest BCUT2D eigenvalue weighted by Crippen LogP contribution is -2.51. The summed E-state index contributed by atoms with van der Waals surface area (Å²) in [7, 11) is 1.79. The van der Waals surface area contributed by atoms with E-state index in [0.29, 0.717) is 19.4 Å². The Bertz CT molecular complexity index is 889. The van der Waals surface area contributed by atoms with Crippen LogP contribution in [-0.2, 0) is 11.8 Å². The second-order valence-corrected chi connectivity index (χ2v) is 8.93. The van der Waals surface area contributed by atoms with Crippen molar-refractivity contribution in [2.24, 2.45) is 7.05 Å². The van der Waals surface area contributed by atoms with E-state index in [9.17, 15) is 15.0 Å². The van der Waals surface area contributed by atoms with Crippen LogP contribution in [-0.4, -0.2) is 39.0 Å². The number of hydrogen-bond acceptors (Lipinski definition) is 4. The molecule has 0 aliphatic carbocycles. The Hall–Kier alpha value is -2.60. The zero-order valence-corrected chi connectivity index (χ0v) is 17.8.